The van der Waals surface area contributed by atoms with E-state index in [4.69, 9.17) is 14.6 Å². The van der Waals surface area contributed by atoms with Crippen LogP contribution in [0.2, 0.25) is 0 Å². The Morgan fingerprint density at radius 3 is 2.22 bits per heavy atom. The molecule has 6 nitrogen and oxygen atoms in total. The Morgan fingerprint density at radius 2 is 1.72 bits per heavy atom. The Bertz CT molecular complexity index is 590. The Kier molecular flexibility index (Phi) is 2.78. The number of aromatic nitrogens is 1. The minimum atomic E-state index is -1.31. The van der Waals surface area contributed by atoms with Crippen LogP contribution in [0.15, 0.2) is 16.5 Å². The number of rotatable bonds is 3. The van der Waals surface area contributed by atoms with E-state index in [1.807, 2.05) is 13.8 Å². The Balaban J connectivity index is 2.72. The van der Waals surface area contributed by atoms with Gasteiger partial charge < -0.3 is 14.6 Å². The molecular formula is C12H11NO5. The Hall–Kier alpha value is -2.37. The Morgan fingerprint density at radius 1 is 1.17 bits per heavy atom. The molecule has 0 unspecified atom stereocenters. The molecule has 0 atom stereocenters. The summed E-state index contributed by atoms with van der Waals surface area (Å²) in [5.41, 5.74) is 0.0299. The minimum absolute atomic E-state index is 0.0407. The lowest BCUT2D eigenvalue weighted by molar-refractivity contribution is 0.0652. The fourth-order valence-corrected chi connectivity index (χ4v) is 1.59. The van der Waals surface area contributed by atoms with Crippen LogP contribution >= 0.6 is 0 Å². The molecule has 2 rings (SSSR count). The molecule has 6 heteroatoms. The van der Waals surface area contributed by atoms with Gasteiger partial charge in [-0.15, -0.1) is 0 Å². The van der Waals surface area contributed by atoms with Gasteiger partial charge in [-0.3, -0.25) is 0 Å². The topological polar surface area (TPSA) is 101 Å². The first-order valence-corrected chi connectivity index (χ1v) is 5.31. The second-order valence-corrected chi connectivity index (χ2v) is 4.18. The molecule has 2 N–H and O–H groups in total. The molecule has 2 aromatic rings. The van der Waals surface area contributed by atoms with Gasteiger partial charge in [-0.1, -0.05) is 13.8 Å². The lowest BCUT2D eigenvalue weighted by atomic mass is 10.1. The lowest BCUT2D eigenvalue weighted by Gasteiger charge is -1.99. The molecule has 1 aromatic heterocycles. The molecule has 0 aliphatic rings. The average molecular weight is 249 g/mol. The van der Waals surface area contributed by atoms with E-state index < -0.39 is 11.9 Å². The molecule has 18 heavy (non-hydrogen) atoms. The van der Waals surface area contributed by atoms with Crippen molar-refractivity contribution in [2.24, 2.45) is 0 Å². The van der Waals surface area contributed by atoms with Crippen molar-refractivity contribution in [1.29, 1.82) is 0 Å². The quantitative estimate of drug-likeness (QED) is 0.865. The van der Waals surface area contributed by atoms with E-state index in [2.05, 4.69) is 4.98 Å². The summed E-state index contributed by atoms with van der Waals surface area (Å²) in [6, 6.07) is 2.41. The summed E-state index contributed by atoms with van der Waals surface area (Å²) in [5.74, 6) is -2.12. The highest BCUT2D eigenvalue weighted by atomic mass is 16.4. The summed E-state index contributed by atoms with van der Waals surface area (Å²) >= 11 is 0. The normalized spacial score (nSPS) is 11.1. The van der Waals surface area contributed by atoms with Gasteiger partial charge in [-0.2, -0.15) is 0 Å². The number of carbonyl (C=O) groups is 2. The van der Waals surface area contributed by atoms with Crippen molar-refractivity contribution >= 4 is 23.0 Å². The minimum Gasteiger partial charge on any atom is -0.478 e. The van der Waals surface area contributed by atoms with E-state index in [-0.39, 0.29) is 22.6 Å². The van der Waals surface area contributed by atoms with Gasteiger partial charge in [0.05, 0.1) is 11.1 Å². The number of aromatic carboxylic acids is 2. The molecule has 0 fully saturated rings. The van der Waals surface area contributed by atoms with E-state index in [0.29, 0.717) is 11.4 Å². The van der Waals surface area contributed by atoms with Gasteiger partial charge >= 0.3 is 11.9 Å². The van der Waals surface area contributed by atoms with Crippen LogP contribution in [0.3, 0.4) is 0 Å². The summed E-state index contributed by atoms with van der Waals surface area (Å²) in [5, 5.41) is 17.9. The number of oxazole rings is 1. The number of carboxylic acid groups (broad SMARTS) is 2. The molecule has 0 radical (unpaired) electrons. The molecule has 1 aromatic carbocycles. The third kappa shape index (κ3) is 1.92. The highest BCUT2D eigenvalue weighted by Gasteiger charge is 2.20. The summed E-state index contributed by atoms with van der Waals surface area (Å²) < 4.78 is 5.39. The predicted molar refractivity (Wildman–Crippen MR) is 62.0 cm³/mol. The SMILES string of the molecule is CC(C)c1nc2cc(C(=O)O)c(C(=O)O)cc2o1. The first-order valence-electron chi connectivity index (χ1n) is 5.31. The highest BCUT2D eigenvalue weighted by Crippen LogP contribution is 2.24. The number of fused-ring (bicyclic) bond motifs is 1. The number of hydrogen-bond donors (Lipinski definition) is 2. The fraction of sp³-hybridized carbons (Fsp3) is 0.250. The van der Waals surface area contributed by atoms with Gasteiger partial charge in [0.1, 0.15) is 5.52 Å². The van der Waals surface area contributed by atoms with Crippen molar-refractivity contribution in [2.45, 2.75) is 19.8 Å². The van der Waals surface area contributed by atoms with Crippen LogP contribution in [0.5, 0.6) is 0 Å². The van der Waals surface area contributed by atoms with Crippen molar-refractivity contribution in [3.05, 3.63) is 29.2 Å². The van der Waals surface area contributed by atoms with Crippen LogP contribution in [0.1, 0.15) is 46.4 Å². The van der Waals surface area contributed by atoms with Crippen molar-refractivity contribution in [3.63, 3.8) is 0 Å². The zero-order valence-electron chi connectivity index (χ0n) is 9.80. The summed E-state index contributed by atoms with van der Waals surface area (Å²) in [6.07, 6.45) is 0. The molecule has 0 aliphatic heterocycles. The maximum absolute atomic E-state index is 11.0. The van der Waals surface area contributed by atoms with E-state index in [1.165, 1.54) is 12.1 Å². The van der Waals surface area contributed by atoms with Crippen LogP contribution in [0, 0.1) is 0 Å². The van der Waals surface area contributed by atoms with Gasteiger partial charge in [0.25, 0.3) is 0 Å². The Labute approximate surface area is 102 Å². The van der Waals surface area contributed by atoms with Crippen LogP contribution in [0.25, 0.3) is 11.1 Å². The number of benzene rings is 1. The van der Waals surface area contributed by atoms with Gasteiger partial charge in [0.15, 0.2) is 11.5 Å². The van der Waals surface area contributed by atoms with Crippen LogP contribution in [-0.2, 0) is 0 Å². The predicted octanol–water partition coefficient (Wildman–Crippen LogP) is 2.35. The van der Waals surface area contributed by atoms with E-state index in [1.54, 1.807) is 0 Å². The number of carboxylic acids is 2. The largest absolute Gasteiger partial charge is 0.478 e. The third-order valence-corrected chi connectivity index (χ3v) is 2.50. The highest BCUT2D eigenvalue weighted by molar-refractivity contribution is 6.04. The second-order valence-electron chi connectivity index (χ2n) is 4.18. The fourth-order valence-electron chi connectivity index (χ4n) is 1.59. The zero-order chi connectivity index (χ0) is 13.4. The van der Waals surface area contributed by atoms with Crippen molar-refractivity contribution in [3.8, 4) is 0 Å². The van der Waals surface area contributed by atoms with Crippen molar-refractivity contribution in [1.82, 2.24) is 4.98 Å². The number of nitrogens with zero attached hydrogens (tertiary/aromatic N) is 1. The maximum Gasteiger partial charge on any atom is 0.336 e. The molecule has 0 saturated carbocycles. The molecular weight excluding hydrogens is 238 g/mol. The van der Waals surface area contributed by atoms with E-state index in [9.17, 15) is 9.59 Å². The maximum atomic E-state index is 11.0. The van der Waals surface area contributed by atoms with Crippen LogP contribution in [0.4, 0.5) is 0 Å². The van der Waals surface area contributed by atoms with E-state index in [0.717, 1.165) is 0 Å². The first kappa shape index (κ1) is 12.1. The third-order valence-electron chi connectivity index (χ3n) is 2.50. The van der Waals surface area contributed by atoms with Gasteiger partial charge in [0.2, 0.25) is 0 Å². The monoisotopic (exact) mass is 249 g/mol. The molecule has 0 amide bonds. The van der Waals surface area contributed by atoms with Gasteiger partial charge in [-0.25, -0.2) is 14.6 Å². The second kappa shape index (κ2) is 4.14. The molecule has 0 saturated heterocycles. The smallest absolute Gasteiger partial charge is 0.336 e. The summed E-state index contributed by atoms with van der Waals surface area (Å²) in [7, 11) is 0. The molecule has 1 heterocycles. The average Bonchev–Trinajstić information content (AvgIpc) is 2.69. The van der Waals surface area contributed by atoms with Crippen molar-refractivity contribution in [2.75, 3.05) is 0 Å². The standard InChI is InChI=1S/C12H11NO5/c1-5(2)10-13-8-3-6(11(14)15)7(12(16)17)4-9(8)18-10/h3-5H,1-2H3,(H,14,15)(H,16,17). The van der Waals surface area contributed by atoms with Gasteiger partial charge in [0, 0.05) is 5.92 Å². The van der Waals surface area contributed by atoms with E-state index >= 15 is 0 Å². The molecule has 0 bridgehead atoms. The lowest BCUT2D eigenvalue weighted by Crippen LogP contribution is -2.07. The van der Waals surface area contributed by atoms with Gasteiger partial charge in [-0.05, 0) is 12.1 Å². The molecule has 0 aliphatic carbocycles. The number of hydrogen-bond acceptors (Lipinski definition) is 4. The van der Waals surface area contributed by atoms with Crippen molar-refractivity contribution < 1.29 is 24.2 Å². The summed E-state index contributed by atoms with van der Waals surface area (Å²) in [4.78, 5) is 26.1. The molecule has 0 spiro atoms. The van der Waals surface area contributed by atoms with Crippen LogP contribution in [-0.4, -0.2) is 27.1 Å². The first-order chi connectivity index (χ1) is 8.40. The molecule has 94 valence electrons. The van der Waals surface area contributed by atoms with Crippen LogP contribution < -0.4 is 0 Å². The zero-order valence-corrected chi connectivity index (χ0v) is 9.80. The summed E-state index contributed by atoms with van der Waals surface area (Å²) in [6.45, 7) is 3.75.